The summed E-state index contributed by atoms with van der Waals surface area (Å²) in [5.74, 6) is -0.881. The van der Waals surface area contributed by atoms with Crippen LogP contribution >= 0.6 is 0 Å². The smallest absolute Gasteiger partial charge is 0.336 e. The number of aromatic hydroxyl groups is 1. The van der Waals surface area contributed by atoms with E-state index in [0.29, 0.717) is 12.0 Å². The number of hydrogen-bond donors (Lipinski definition) is 2. The highest BCUT2D eigenvalue weighted by molar-refractivity contribution is 5.90. The highest BCUT2D eigenvalue weighted by atomic mass is 16.4. The van der Waals surface area contributed by atoms with E-state index in [-0.39, 0.29) is 11.3 Å². The third-order valence-electron chi connectivity index (χ3n) is 2.47. The van der Waals surface area contributed by atoms with E-state index in [2.05, 4.69) is 0 Å². The number of rotatable bonds is 2. The van der Waals surface area contributed by atoms with Gasteiger partial charge in [-0.1, -0.05) is 6.92 Å². The number of phenolic OH excluding ortho intramolecular Hbond substituents is 1. The van der Waals surface area contributed by atoms with Crippen molar-refractivity contribution >= 4 is 5.97 Å². The average molecular weight is 194 g/mol. The van der Waals surface area contributed by atoms with Gasteiger partial charge in [-0.2, -0.15) is 0 Å². The quantitative estimate of drug-likeness (QED) is 0.759. The molecule has 1 aromatic rings. The fourth-order valence-electron chi connectivity index (χ4n) is 1.62. The number of carboxylic acid groups (broad SMARTS) is 1. The molecule has 1 rings (SSSR count). The van der Waals surface area contributed by atoms with Gasteiger partial charge in [0.2, 0.25) is 0 Å². The van der Waals surface area contributed by atoms with Gasteiger partial charge >= 0.3 is 5.97 Å². The van der Waals surface area contributed by atoms with E-state index < -0.39 is 5.97 Å². The van der Waals surface area contributed by atoms with Crippen LogP contribution in [0, 0.1) is 13.8 Å². The first-order chi connectivity index (χ1) is 6.49. The Morgan fingerprint density at radius 1 is 1.43 bits per heavy atom. The van der Waals surface area contributed by atoms with Crippen molar-refractivity contribution in [1.29, 1.82) is 0 Å². The van der Waals surface area contributed by atoms with Crippen molar-refractivity contribution in [2.24, 2.45) is 0 Å². The Morgan fingerprint density at radius 2 is 2.00 bits per heavy atom. The summed E-state index contributed by atoms with van der Waals surface area (Å²) in [6, 6.07) is 1.61. The van der Waals surface area contributed by atoms with Gasteiger partial charge in [0.15, 0.2) is 0 Å². The predicted molar refractivity (Wildman–Crippen MR) is 53.9 cm³/mol. The molecule has 0 fully saturated rings. The summed E-state index contributed by atoms with van der Waals surface area (Å²) in [4.78, 5) is 10.8. The standard InChI is InChI=1S/C11H14O3/c1-4-8-6(2)5-9(11(13)14)7(3)10(8)12/h5,12H,4H2,1-3H3,(H,13,14). The Morgan fingerprint density at radius 3 is 2.43 bits per heavy atom. The molecule has 0 aliphatic carbocycles. The molecule has 0 atom stereocenters. The highest BCUT2D eigenvalue weighted by Crippen LogP contribution is 2.28. The van der Waals surface area contributed by atoms with Crippen molar-refractivity contribution in [1.82, 2.24) is 0 Å². The van der Waals surface area contributed by atoms with Gasteiger partial charge in [0.25, 0.3) is 0 Å². The topological polar surface area (TPSA) is 57.5 Å². The molecule has 2 N–H and O–H groups in total. The number of hydrogen-bond acceptors (Lipinski definition) is 2. The number of aryl methyl sites for hydroxylation is 1. The Balaban J connectivity index is 3.47. The molecule has 0 amide bonds. The van der Waals surface area contributed by atoms with Gasteiger partial charge in [-0.15, -0.1) is 0 Å². The largest absolute Gasteiger partial charge is 0.507 e. The van der Waals surface area contributed by atoms with E-state index in [1.807, 2.05) is 13.8 Å². The monoisotopic (exact) mass is 194 g/mol. The first kappa shape index (κ1) is 10.6. The molecular formula is C11H14O3. The zero-order valence-corrected chi connectivity index (χ0v) is 8.59. The number of benzene rings is 1. The van der Waals surface area contributed by atoms with Crippen LogP contribution < -0.4 is 0 Å². The Hall–Kier alpha value is -1.51. The van der Waals surface area contributed by atoms with E-state index in [0.717, 1.165) is 11.1 Å². The van der Waals surface area contributed by atoms with Crippen LogP contribution in [-0.2, 0) is 6.42 Å². The molecule has 14 heavy (non-hydrogen) atoms. The van der Waals surface area contributed by atoms with Crippen LogP contribution in [0.1, 0.15) is 34.0 Å². The molecule has 0 spiro atoms. The van der Waals surface area contributed by atoms with Crippen molar-refractivity contribution in [3.8, 4) is 5.75 Å². The molecule has 1 aromatic carbocycles. The fourth-order valence-corrected chi connectivity index (χ4v) is 1.62. The number of carboxylic acids is 1. The van der Waals surface area contributed by atoms with Gasteiger partial charge < -0.3 is 10.2 Å². The van der Waals surface area contributed by atoms with Gasteiger partial charge in [-0.3, -0.25) is 0 Å². The highest BCUT2D eigenvalue weighted by Gasteiger charge is 2.15. The van der Waals surface area contributed by atoms with Crippen LogP contribution in [-0.4, -0.2) is 16.2 Å². The second-order valence-electron chi connectivity index (χ2n) is 3.35. The minimum atomic E-state index is -0.997. The van der Waals surface area contributed by atoms with Crippen molar-refractivity contribution in [2.75, 3.05) is 0 Å². The zero-order valence-electron chi connectivity index (χ0n) is 8.59. The SMILES string of the molecule is CCc1c(C)cc(C(=O)O)c(C)c1O. The van der Waals surface area contributed by atoms with Gasteiger partial charge in [-0.05, 0) is 37.5 Å². The molecule has 76 valence electrons. The fraction of sp³-hybridized carbons (Fsp3) is 0.364. The minimum Gasteiger partial charge on any atom is -0.507 e. The molecule has 3 heteroatoms. The normalized spacial score (nSPS) is 10.2. The third-order valence-corrected chi connectivity index (χ3v) is 2.47. The number of aromatic carboxylic acids is 1. The van der Waals surface area contributed by atoms with Gasteiger partial charge in [-0.25, -0.2) is 4.79 Å². The van der Waals surface area contributed by atoms with Crippen LogP contribution in [0.2, 0.25) is 0 Å². The molecule has 0 saturated heterocycles. The second kappa shape index (κ2) is 3.70. The molecule has 0 unspecified atom stereocenters. The molecule has 3 nitrogen and oxygen atoms in total. The van der Waals surface area contributed by atoms with E-state index in [9.17, 15) is 9.90 Å². The molecule has 0 aliphatic rings. The van der Waals surface area contributed by atoms with Crippen molar-refractivity contribution in [2.45, 2.75) is 27.2 Å². The van der Waals surface area contributed by atoms with Gasteiger partial charge in [0, 0.05) is 5.56 Å². The summed E-state index contributed by atoms with van der Waals surface area (Å²) >= 11 is 0. The maximum atomic E-state index is 10.8. The Labute approximate surface area is 83.0 Å². The number of carbonyl (C=O) groups is 1. The summed E-state index contributed by atoms with van der Waals surface area (Å²) in [6.45, 7) is 5.36. The maximum absolute atomic E-state index is 10.8. The lowest BCUT2D eigenvalue weighted by atomic mass is 9.97. The molecule has 0 radical (unpaired) electrons. The van der Waals surface area contributed by atoms with Crippen LogP contribution in [0.25, 0.3) is 0 Å². The molecule has 0 aliphatic heterocycles. The molecule has 0 aromatic heterocycles. The summed E-state index contributed by atoms with van der Waals surface area (Å²) in [7, 11) is 0. The van der Waals surface area contributed by atoms with E-state index in [1.54, 1.807) is 13.0 Å². The Bertz CT molecular complexity index is 381. The van der Waals surface area contributed by atoms with E-state index >= 15 is 0 Å². The second-order valence-corrected chi connectivity index (χ2v) is 3.35. The summed E-state index contributed by atoms with van der Waals surface area (Å²) < 4.78 is 0. The lowest BCUT2D eigenvalue weighted by Gasteiger charge is -2.11. The lowest BCUT2D eigenvalue weighted by molar-refractivity contribution is 0.0695. The van der Waals surface area contributed by atoms with Crippen molar-refractivity contribution in [3.63, 3.8) is 0 Å². The number of phenols is 1. The van der Waals surface area contributed by atoms with E-state index in [1.165, 1.54) is 0 Å². The molecule has 0 heterocycles. The predicted octanol–water partition coefficient (Wildman–Crippen LogP) is 2.27. The van der Waals surface area contributed by atoms with Crippen LogP contribution in [0.4, 0.5) is 0 Å². The summed E-state index contributed by atoms with van der Waals surface area (Å²) in [5.41, 5.74) is 2.28. The third kappa shape index (κ3) is 1.58. The Kier molecular flexibility index (Phi) is 2.79. The van der Waals surface area contributed by atoms with Crippen molar-refractivity contribution in [3.05, 3.63) is 28.3 Å². The first-order valence-electron chi connectivity index (χ1n) is 4.54. The molecule has 0 bridgehead atoms. The lowest BCUT2D eigenvalue weighted by Crippen LogP contribution is -2.03. The summed E-state index contributed by atoms with van der Waals surface area (Å²) in [6.07, 6.45) is 0.707. The van der Waals surface area contributed by atoms with Crippen LogP contribution in [0.15, 0.2) is 6.07 Å². The first-order valence-corrected chi connectivity index (χ1v) is 4.54. The average Bonchev–Trinajstić information content (AvgIpc) is 2.12. The van der Waals surface area contributed by atoms with Crippen LogP contribution in [0.3, 0.4) is 0 Å². The maximum Gasteiger partial charge on any atom is 0.336 e. The minimum absolute atomic E-state index is 0.116. The zero-order chi connectivity index (χ0) is 10.9. The van der Waals surface area contributed by atoms with Gasteiger partial charge in [0.05, 0.1) is 5.56 Å². The summed E-state index contributed by atoms with van der Waals surface area (Å²) in [5, 5.41) is 18.6. The molecular weight excluding hydrogens is 180 g/mol. The van der Waals surface area contributed by atoms with E-state index in [4.69, 9.17) is 5.11 Å². The molecule has 0 saturated carbocycles. The van der Waals surface area contributed by atoms with Gasteiger partial charge in [0.1, 0.15) is 5.75 Å². The van der Waals surface area contributed by atoms with Crippen molar-refractivity contribution < 1.29 is 15.0 Å². The van der Waals surface area contributed by atoms with Crippen LogP contribution in [0.5, 0.6) is 5.75 Å².